The zero-order valence-corrected chi connectivity index (χ0v) is 10.0. The molecule has 2 rings (SSSR count). The first-order valence-corrected chi connectivity index (χ1v) is 5.67. The molecule has 4 heteroatoms. The summed E-state index contributed by atoms with van der Waals surface area (Å²) < 4.78 is 0. The molecule has 94 valence electrons. The summed E-state index contributed by atoms with van der Waals surface area (Å²) in [5, 5.41) is 2.18. The lowest BCUT2D eigenvalue weighted by Gasteiger charge is -2.04. The van der Waals surface area contributed by atoms with Crippen LogP contribution in [0.3, 0.4) is 0 Å². The summed E-state index contributed by atoms with van der Waals surface area (Å²) in [5.74, 6) is -0.773. The Kier molecular flexibility index (Phi) is 4.18. The van der Waals surface area contributed by atoms with Gasteiger partial charge in [0.05, 0.1) is 5.57 Å². The van der Waals surface area contributed by atoms with Crippen LogP contribution in [0.1, 0.15) is 11.1 Å². The summed E-state index contributed by atoms with van der Waals surface area (Å²) in [6.45, 7) is 0. The van der Waals surface area contributed by atoms with Crippen LogP contribution >= 0.6 is 0 Å². The average molecular weight is 253 g/mol. The van der Waals surface area contributed by atoms with Crippen molar-refractivity contribution >= 4 is 17.6 Å². The van der Waals surface area contributed by atoms with Crippen molar-refractivity contribution in [1.82, 2.24) is 0 Å². The smallest absolute Gasteiger partial charge is 0.279 e. The molecular formula is C15H11NO3. The fourth-order valence-corrected chi connectivity index (χ4v) is 1.68. The summed E-state index contributed by atoms with van der Waals surface area (Å²) in [7, 11) is 0. The predicted molar refractivity (Wildman–Crippen MR) is 72.6 cm³/mol. The standard InChI is InChI=1S/C15H11NO3/c17-15(19-16-18)14(13-9-5-2-6-10-13)11-12-7-3-1-4-8-12/h1-11H. The SMILES string of the molecule is O=NOC(=O)C(=Cc1ccccc1)c1ccccc1. The van der Waals surface area contributed by atoms with Crippen LogP contribution in [0.25, 0.3) is 11.6 Å². The summed E-state index contributed by atoms with van der Waals surface area (Å²) in [5.41, 5.74) is 1.79. The maximum Gasteiger partial charge on any atom is 0.369 e. The fourth-order valence-electron chi connectivity index (χ4n) is 1.68. The fraction of sp³-hybridized carbons (Fsp3) is 0. The van der Waals surface area contributed by atoms with Crippen molar-refractivity contribution < 1.29 is 9.63 Å². The Morgan fingerprint density at radius 2 is 1.53 bits per heavy atom. The number of benzene rings is 2. The van der Waals surface area contributed by atoms with E-state index in [9.17, 15) is 9.70 Å². The highest BCUT2D eigenvalue weighted by Gasteiger charge is 2.14. The second kappa shape index (κ2) is 6.26. The third kappa shape index (κ3) is 3.35. The first-order valence-electron chi connectivity index (χ1n) is 5.67. The van der Waals surface area contributed by atoms with E-state index < -0.39 is 5.97 Å². The zero-order chi connectivity index (χ0) is 13.5. The van der Waals surface area contributed by atoms with Gasteiger partial charge in [0, 0.05) is 0 Å². The molecule has 0 saturated carbocycles. The minimum absolute atomic E-state index is 0.284. The van der Waals surface area contributed by atoms with Gasteiger partial charge in [-0.1, -0.05) is 60.7 Å². The maximum atomic E-state index is 11.8. The highest BCUT2D eigenvalue weighted by atomic mass is 16.7. The van der Waals surface area contributed by atoms with Crippen LogP contribution in [0.2, 0.25) is 0 Å². The van der Waals surface area contributed by atoms with Gasteiger partial charge in [-0.05, 0) is 17.2 Å². The zero-order valence-electron chi connectivity index (χ0n) is 10.0. The van der Waals surface area contributed by atoms with Gasteiger partial charge in [0.25, 0.3) is 0 Å². The normalized spacial score (nSPS) is 10.8. The van der Waals surface area contributed by atoms with E-state index >= 15 is 0 Å². The van der Waals surface area contributed by atoms with Crippen LogP contribution in [-0.4, -0.2) is 5.97 Å². The Balaban J connectivity index is 2.43. The molecule has 0 bridgehead atoms. The number of rotatable bonds is 4. The van der Waals surface area contributed by atoms with Gasteiger partial charge in [0.1, 0.15) is 0 Å². The van der Waals surface area contributed by atoms with Crippen molar-refractivity contribution in [2.24, 2.45) is 5.34 Å². The van der Waals surface area contributed by atoms with Gasteiger partial charge in [-0.25, -0.2) is 4.79 Å². The van der Waals surface area contributed by atoms with Crippen LogP contribution in [0.15, 0.2) is 66.0 Å². The predicted octanol–water partition coefficient (Wildman–Crippen LogP) is 3.45. The van der Waals surface area contributed by atoms with Crippen LogP contribution < -0.4 is 0 Å². The van der Waals surface area contributed by atoms with E-state index in [0.29, 0.717) is 5.56 Å². The van der Waals surface area contributed by atoms with E-state index in [1.165, 1.54) is 0 Å². The van der Waals surface area contributed by atoms with Crippen molar-refractivity contribution in [3.63, 3.8) is 0 Å². The second-order valence-electron chi connectivity index (χ2n) is 3.79. The summed E-state index contributed by atoms with van der Waals surface area (Å²) in [4.78, 5) is 26.0. The molecule has 19 heavy (non-hydrogen) atoms. The molecular weight excluding hydrogens is 242 g/mol. The third-order valence-electron chi connectivity index (χ3n) is 2.54. The van der Waals surface area contributed by atoms with Crippen molar-refractivity contribution in [2.45, 2.75) is 0 Å². The number of carbonyl (C=O) groups excluding carboxylic acids is 1. The quantitative estimate of drug-likeness (QED) is 0.363. The second-order valence-corrected chi connectivity index (χ2v) is 3.79. The van der Waals surface area contributed by atoms with Gasteiger partial charge in [-0.15, -0.1) is 4.91 Å². The molecule has 0 amide bonds. The lowest BCUT2D eigenvalue weighted by atomic mass is 10.0. The minimum atomic E-state index is -0.773. The van der Waals surface area contributed by atoms with E-state index in [1.807, 2.05) is 36.4 Å². The molecule has 2 aromatic rings. The van der Waals surface area contributed by atoms with Crippen molar-refractivity contribution in [1.29, 1.82) is 0 Å². The van der Waals surface area contributed by atoms with Gasteiger partial charge >= 0.3 is 5.97 Å². The molecule has 0 unspecified atom stereocenters. The molecule has 4 nitrogen and oxygen atoms in total. The highest BCUT2D eigenvalue weighted by Crippen LogP contribution is 2.19. The lowest BCUT2D eigenvalue weighted by Crippen LogP contribution is -2.03. The summed E-state index contributed by atoms with van der Waals surface area (Å²) >= 11 is 0. The monoisotopic (exact) mass is 253 g/mol. The highest BCUT2D eigenvalue weighted by molar-refractivity contribution is 6.21. The van der Waals surface area contributed by atoms with Gasteiger partial charge in [0.2, 0.25) is 0 Å². The molecule has 2 aromatic carbocycles. The average Bonchev–Trinajstić information content (AvgIpc) is 2.47. The molecule has 0 saturated heterocycles. The molecule has 0 N–H and O–H groups in total. The molecule has 0 fully saturated rings. The first kappa shape index (κ1) is 12.7. The number of carbonyl (C=O) groups is 1. The minimum Gasteiger partial charge on any atom is -0.279 e. The lowest BCUT2D eigenvalue weighted by molar-refractivity contribution is -0.136. The Hall–Kier alpha value is -2.75. The van der Waals surface area contributed by atoms with Gasteiger partial charge in [0.15, 0.2) is 5.34 Å². The van der Waals surface area contributed by atoms with Crippen LogP contribution in [0, 0.1) is 4.91 Å². The molecule has 0 spiro atoms. The first-order chi connectivity index (χ1) is 9.31. The number of hydrogen-bond donors (Lipinski definition) is 0. The Morgan fingerprint density at radius 3 is 2.11 bits per heavy atom. The van der Waals surface area contributed by atoms with E-state index in [-0.39, 0.29) is 5.57 Å². The van der Waals surface area contributed by atoms with Crippen LogP contribution in [0.5, 0.6) is 0 Å². The molecule has 0 aliphatic carbocycles. The maximum absolute atomic E-state index is 11.8. The molecule has 0 radical (unpaired) electrons. The van der Waals surface area contributed by atoms with Gasteiger partial charge in [-0.2, -0.15) is 0 Å². The van der Waals surface area contributed by atoms with E-state index in [1.54, 1.807) is 30.3 Å². The third-order valence-corrected chi connectivity index (χ3v) is 2.54. The van der Waals surface area contributed by atoms with Crippen molar-refractivity contribution in [2.75, 3.05) is 0 Å². The molecule has 0 aliphatic heterocycles. The summed E-state index contributed by atoms with van der Waals surface area (Å²) in [6.07, 6.45) is 1.66. The van der Waals surface area contributed by atoms with Crippen LogP contribution in [-0.2, 0) is 9.63 Å². The van der Waals surface area contributed by atoms with E-state index in [4.69, 9.17) is 0 Å². The van der Waals surface area contributed by atoms with Gasteiger partial charge < -0.3 is 0 Å². The number of hydrogen-bond acceptors (Lipinski definition) is 4. The topological polar surface area (TPSA) is 55.7 Å². The van der Waals surface area contributed by atoms with Gasteiger partial charge in [-0.3, -0.25) is 4.84 Å². The van der Waals surface area contributed by atoms with E-state index in [2.05, 4.69) is 10.2 Å². The molecule has 0 aliphatic rings. The Morgan fingerprint density at radius 1 is 0.947 bits per heavy atom. The number of nitrogens with zero attached hydrogens (tertiary/aromatic N) is 1. The summed E-state index contributed by atoms with van der Waals surface area (Å²) in [6, 6.07) is 18.3. The van der Waals surface area contributed by atoms with Crippen molar-refractivity contribution in [3.8, 4) is 0 Å². The molecule has 0 aromatic heterocycles. The largest absolute Gasteiger partial charge is 0.369 e. The van der Waals surface area contributed by atoms with Crippen LogP contribution in [0.4, 0.5) is 0 Å². The Bertz CT molecular complexity index is 591. The Labute approximate surface area is 110 Å². The van der Waals surface area contributed by atoms with E-state index in [0.717, 1.165) is 5.56 Å². The molecule has 0 atom stereocenters. The van der Waals surface area contributed by atoms with Crippen molar-refractivity contribution in [3.05, 3.63) is 76.7 Å². The molecule has 0 heterocycles.